The lowest BCUT2D eigenvalue weighted by Crippen LogP contribution is -2.29. The summed E-state index contributed by atoms with van der Waals surface area (Å²) < 4.78 is 48.3. The number of nitro benzene ring substituents is 1. The molecule has 0 aliphatic carbocycles. The molecule has 0 fully saturated rings. The van der Waals surface area contributed by atoms with Crippen molar-refractivity contribution < 1.29 is 32.4 Å². The number of methoxy groups -OCH3 is 2. The lowest BCUT2D eigenvalue weighted by Gasteiger charge is -2.13. The van der Waals surface area contributed by atoms with Gasteiger partial charge >= 0.3 is 6.18 Å². The second-order valence-electron chi connectivity index (χ2n) is 5.26. The highest BCUT2D eigenvalue weighted by Gasteiger charge is 2.33. The van der Waals surface area contributed by atoms with Gasteiger partial charge in [0.15, 0.2) is 11.5 Å². The molecular weight excluding hydrogens is 407 g/mol. The SMILES string of the molecule is COc1cc(C(=O)NNc2ccc(C(F)(F)F)cc2[N+](=O)[O-])cc(Cl)c1OC. The maximum Gasteiger partial charge on any atom is 0.416 e. The van der Waals surface area contributed by atoms with E-state index in [1.807, 2.05) is 0 Å². The molecule has 0 atom stereocenters. The van der Waals surface area contributed by atoms with Crippen molar-refractivity contribution in [3.63, 3.8) is 0 Å². The van der Waals surface area contributed by atoms with Crippen LogP contribution in [0.5, 0.6) is 11.5 Å². The first-order chi connectivity index (χ1) is 13.1. The van der Waals surface area contributed by atoms with Crippen molar-refractivity contribution >= 4 is 28.9 Å². The zero-order valence-electron chi connectivity index (χ0n) is 14.4. The monoisotopic (exact) mass is 419 g/mol. The quantitative estimate of drug-likeness (QED) is 0.541. The van der Waals surface area contributed by atoms with Gasteiger partial charge in [0, 0.05) is 11.6 Å². The summed E-state index contributed by atoms with van der Waals surface area (Å²) in [5.41, 5.74) is 2.02. The van der Waals surface area contributed by atoms with Gasteiger partial charge in [-0.2, -0.15) is 13.2 Å². The highest BCUT2D eigenvalue weighted by Crippen LogP contribution is 2.36. The fraction of sp³-hybridized carbons (Fsp3) is 0.188. The van der Waals surface area contributed by atoms with Crippen LogP contribution in [0.25, 0.3) is 0 Å². The fourth-order valence-electron chi connectivity index (χ4n) is 2.21. The van der Waals surface area contributed by atoms with Crippen LogP contribution in [-0.2, 0) is 6.18 Å². The Hall–Kier alpha value is -3.21. The van der Waals surface area contributed by atoms with Crippen molar-refractivity contribution in [2.75, 3.05) is 19.6 Å². The maximum atomic E-state index is 12.7. The summed E-state index contributed by atoms with van der Waals surface area (Å²) in [6, 6.07) is 4.42. The molecule has 0 saturated heterocycles. The summed E-state index contributed by atoms with van der Waals surface area (Å²) in [5, 5.41) is 11.1. The predicted molar refractivity (Wildman–Crippen MR) is 93.7 cm³/mol. The number of carbonyl (C=O) groups is 1. The van der Waals surface area contributed by atoms with E-state index in [0.29, 0.717) is 12.1 Å². The number of rotatable bonds is 6. The number of nitrogens with one attached hydrogen (secondary N) is 2. The van der Waals surface area contributed by atoms with Crippen LogP contribution in [0.2, 0.25) is 5.02 Å². The number of ether oxygens (including phenoxy) is 2. The number of carbonyl (C=O) groups excluding carboxylic acids is 1. The van der Waals surface area contributed by atoms with Crippen molar-refractivity contribution in [3.05, 3.63) is 56.6 Å². The molecule has 0 unspecified atom stereocenters. The molecule has 8 nitrogen and oxygen atoms in total. The van der Waals surface area contributed by atoms with Gasteiger partial charge in [0.25, 0.3) is 11.6 Å². The van der Waals surface area contributed by atoms with E-state index in [1.54, 1.807) is 0 Å². The standard InChI is InChI=1S/C16H13ClF3N3O5/c1-27-13-6-8(5-10(17)14(13)28-2)15(24)22-21-11-4-3-9(16(18,19)20)7-12(11)23(25)26/h3-7,21H,1-2H3,(H,22,24). The number of benzene rings is 2. The molecule has 0 radical (unpaired) electrons. The number of hydrogen-bond donors (Lipinski definition) is 2. The van der Waals surface area contributed by atoms with Crippen LogP contribution in [0.3, 0.4) is 0 Å². The van der Waals surface area contributed by atoms with Crippen LogP contribution in [-0.4, -0.2) is 25.1 Å². The molecule has 2 aromatic rings. The highest BCUT2D eigenvalue weighted by atomic mass is 35.5. The van der Waals surface area contributed by atoms with E-state index in [4.69, 9.17) is 21.1 Å². The van der Waals surface area contributed by atoms with Crippen LogP contribution in [0.15, 0.2) is 30.3 Å². The van der Waals surface area contributed by atoms with E-state index < -0.39 is 28.3 Å². The van der Waals surface area contributed by atoms with Gasteiger partial charge in [-0.15, -0.1) is 0 Å². The normalized spacial score (nSPS) is 10.9. The summed E-state index contributed by atoms with van der Waals surface area (Å²) in [6.45, 7) is 0. The summed E-state index contributed by atoms with van der Waals surface area (Å²) in [5.74, 6) is -0.398. The fourth-order valence-corrected chi connectivity index (χ4v) is 2.50. The van der Waals surface area contributed by atoms with E-state index in [2.05, 4.69) is 10.9 Å². The highest BCUT2D eigenvalue weighted by molar-refractivity contribution is 6.32. The van der Waals surface area contributed by atoms with Crippen molar-refractivity contribution in [1.82, 2.24) is 5.43 Å². The molecule has 2 rings (SSSR count). The molecule has 1 amide bonds. The molecule has 0 aliphatic rings. The van der Waals surface area contributed by atoms with Gasteiger partial charge < -0.3 is 9.47 Å². The Bertz CT molecular complexity index is 921. The van der Waals surface area contributed by atoms with E-state index >= 15 is 0 Å². The van der Waals surface area contributed by atoms with Gasteiger partial charge in [-0.1, -0.05) is 11.6 Å². The smallest absolute Gasteiger partial charge is 0.416 e. The molecule has 0 saturated carbocycles. The minimum Gasteiger partial charge on any atom is -0.493 e. The number of hydrogen-bond acceptors (Lipinski definition) is 6. The topological polar surface area (TPSA) is 103 Å². The predicted octanol–water partition coefficient (Wildman–Crippen LogP) is 4.04. The lowest BCUT2D eigenvalue weighted by molar-refractivity contribution is -0.384. The molecular formula is C16H13ClF3N3O5. The Kier molecular flexibility index (Phi) is 6.19. The van der Waals surface area contributed by atoms with Crippen molar-refractivity contribution in [2.24, 2.45) is 0 Å². The summed E-state index contributed by atoms with van der Waals surface area (Å²) in [7, 11) is 2.69. The first-order valence-electron chi connectivity index (χ1n) is 7.42. The van der Waals surface area contributed by atoms with Gasteiger partial charge in [0.05, 0.1) is 29.7 Å². The lowest BCUT2D eigenvalue weighted by atomic mass is 10.1. The van der Waals surface area contributed by atoms with Gasteiger partial charge in [-0.3, -0.25) is 25.8 Å². The molecule has 0 aliphatic heterocycles. The molecule has 150 valence electrons. The van der Waals surface area contributed by atoms with Crippen LogP contribution >= 0.6 is 11.6 Å². The Morgan fingerprint density at radius 3 is 2.39 bits per heavy atom. The summed E-state index contributed by atoms with van der Waals surface area (Å²) in [4.78, 5) is 22.3. The molecule has 12 heteroatoms. The van der Waals surface area contributed by atoms with Crippen LogP contribution in [0, 0.1) is 10.1 Å². The average Bonchev–Trinajstić information content (AvgIpc) is 2.64. The number of anilines is 1. The molecule has 2 N–H and O–H groups in total. The molecule has 2 aromatic carbocycles. The van der Waals surface area contributed by atoms with E-state index in [0.717, 1.165) is 6.07 Å². The Labute approximate surface area is 161 Å². The van der Waals surface area contributed by atoms with Gasteiger partial charge in [-0.05, 0) is 24.3 Å². The Morgan fingerprint density at radius 2 is 1.86 bits per heavy atom. The van der Waals surface area contributed by atoms with Crippen molar-refractivity contribution in [1.29, 1.82) is 0 Å². The van der Waals surface area contributed by atoms with Crippen LogP contribution in [0.4, 0.5) is 24.5 Å². The largest absolute Gasteiger partial charge is 0.493 e. The average molecular weight is 420 g/mol. The molecule has 28 heavy (non-hydrogen) atoms. The number of nitro groups is 1. The van der Waals surface area contributed by atoms with E-state index in [-0.39, 0.29) is 27.8 Å². The van der Waals surface area contributed by atoms with Gasteiger partial charge in [-0.25, -0.2) is 0 Å². The number of hydrazine groups is 1. The van der Waals surface area contributed by atoms with Crippen molar-refractivity contribution in [3.8, 4) is 11.5 Å². The summed E-state index contributed by atoms with van der Waals surface area (Å²) >= 11 is 6.00. The third kappa shape index (κ3) is 4.55. The molecule has 0 bridgehead atoms. The first kappa shape index (κ1) is 21.1. The number of halogens is 4. The second kappa shape index (κ2) is 8.21. The number of alkyl halides is 3. The second-order valence-corrected chi connectivity index (χ2v) is 5.67. The minimum absolute atomic E-state index is 0.0183. The summed E-state index contributed by atoms with van der Waals surface area (Å²) in [6.07, 6.45) is -4.75. The maximum absolute atomic E-state index is 12.7. The number of nitrogens with zero attached hydrogens (tertiary/aromatic N) is 1. The Morgan fingerprint density at radius 1 is 1.18 bits per heavy atom. The van der Waals surface area contributed by atoms with E-state index in [1.165, 1.54) is 26.4 Å². The molecule has 0 spiro atoms. The third-order valence-electron chi connectivity index (χ3n) is 3.53. The van der Waals surface area contributed by atoms with Crippen LogP contribution < -0.4 is 20.3 Å². The van der Waals surface area contributed by atoms with E-state index in [9.17, 15) is 28.1 Å². The van der Waals surface area contributed by atoms with Gasteiger partial charge in [0.1, 0.15) is 5.69 Å². The molecule has 0 aromatic heterocycles. The minimum atomic E-state index is -4.75. The first-order valence-corrected chi connectivity index (χ1v) is 7.79. The number of amides is 1. The third-order valence-corrected chi connectivity index (χ3v) is 3.81. The Balaban J connectivity index is 2.26. The zero-order chi connectivity index (χ0) is 21.1. The van der Waals surface area contributed by atoms with Crippen molar-refractivity contribution in [2.45, 2.75) is 6.18 Å². The van der Waals surface area contributed by atoms with Crippen LogP contribution in [0.1, 0.15) is 15.9 Å². The van der Waals surface area contributed by atoms with Gasteiger partial charge in [0.2, 0.25) is 0 Å². The zero-order valence-corrected chi connectivity index (χ0v) is 15.1. The molecule has 0 heterocycles.